The zero-order valence-electron chi connectivity index (χ0n) is 15.2. The fourth-order valence-electron chi connectivity index (χ4n) is 2.70. The molecule has 7 heteroatoms. The van der Waals surface area contributed by atoms with Gasteiger partial charge in [-0.3, -0.25) is 4.79 Å². The zero-order valence-corrected chi connectivity index (χ0v) is 15.2. The van der Waals surface area contributed by atoms with E-state index in [1.54, 1.807) is 11.9 Å². The molecule has 0 aliphatic carbocycles. The van der Waals surface area contributed by atoms with E-state index in [4.69, 9.17) is 9.47 Å². The zero-order chi connectivity index (χ0) is 18.4. The van der Waals surface area contributed by atoms with Crippen LogP contribution in [0.3, 0.4) is 0 Å². The van der Waals surface area contributed by atoms with Crippen molar-refractivity contribution in [1.29, 1.82) is 0 Å². The lowest BCUT2D eigenvalue weighted by molar-refractivity contribution is -0.133. The molecule has 1 atom stereocenters. The van der Waals surface area contributed by atoms with Gasteiger partial charge in [0, 0.05) is 13.6 Å². The van der Waals surface area contributed by atoms with E-state index in [0.29, 0.717) is 37.7 Å². The molecule has 0 radical (unpaired) electrons. The quantitative estimate of drug-likeness (QED) is 0.851. The fourth-order valence-corrected chi connectivity index (χ4v) is 2.70. The summed E-state index contributed by atoms with van der Waals surface area (Å²) in [6.45, 7) is 5.47. The number of hydrogen-bond acceptors (Lipinski definition) is 5. The molecule has 1 aromatic carbocycles. The van der Waals surface area contributed by atoms with Gasteiger partial charge in [-0.05, 0) is 30.0 Å². The van der Waals surface area contributed by atoms with Gasteiger partial charge in [0.25, 0.3) is 0 Å². The molecule has 1 aromatic rings. The predicted octanol–water partition coefficient (Wildman–Crippen LogP) is 2.19. The number of likely N-dealkylation sites (N-methyl/N-ethyl adjacent to an activating group) is 1. The fraction of sp³-hybridized carbons (Fsp3) is 0.556. The SMILES string of the molecule is COC(=O)NC(CC(C)C)C(=O)N(C)Cc1ccc2c(c1)OCCO2. The summed E-state index contributed by atoms with van der Waals surface area (Å²) in [5.41, 5.74) is 0.932. The largest absolute Gasteiger partial charge is 0.486 e. The van der Waals surface area contributed by atoms with Gasteiger partial charge in [0.15, 0.2) is 11.5 Å². The number of fused-ring (bicyclic) bond motifs is 1. The molecule has 0 bridgehead atoms. The molecular weight excluding hydrogens is 324 g/mol. The van der Waals surface area contributed by atoms with Crippen LogP contribution < -0.4 is 14.8 Å². The summed E-state index contributed by atoms with van der Waals surface area (Å²) in [5.74, 6) is 1.51. The topological polar surface area (TPSA) is 77.1 Å². The Bertz CT molecular complexity index is 617. The Labute approximate surface area is 148 Å². The minimum absolute atomic E-state index is 0.158. The molecule has 1 heterocycles. The maximum atomic E-state index is 12.7. The summed E-state index contributed by atoms with van der Waals surface area (Å²) in [6, 6.07) is 5.02. The molecule has 138 valence electrons. The van der Waals surface area contributed by atoms with Gasteiger partial charge in [0.2, 0.25) is 5.91 Å². The average Bonchev–Trinajstić information content (AvgIpc) is 2.59. The number of methoxy groups -OCH3 is 1. The van der Waals surface area contributed by atoms with Crippen molar-refractivity contribution in [2.45, 2.75) is 32.9 Å². The summed E-state index contributed by atoms with van der Waals surface area (Å²) in [5, 5.41) is 2.62. The molecule has 0 spiro atoms. The number of carbonyl (C=O) groups excluding carboxylic acids is 2. The molecule has 0 fully saturated rings. The third-order valence-electron chi connectivity index (χ3n) is 3.89. The van der Waals surface area contributed by atoms with Gasteiger partial charge in [0.05, 0.1) is 7.11 Å². The molecule has 1 N–H and O–H groups in total. The second-order valence-corrected chi connectivity index (χ2v) is 6.49. The van der Waals surface area contributed by atoms with Crippen LogP contribution >= 0.6 is 0 Å². The molecule has 7 nitrogen and oxygen atoms in total. The van der Waals surface area contributed by atoms with Crippen LogP contribution in [0.2, 0.25) is 0 Å². The first kappa shape index (κ1) is 18.9. The van der Waals surface area contributed by atoms with Crippen molar-refractivity contribution in [3.63, 3.8) is 0 Å². The van der Waals surface area contributed by atoms with Crippen molar-refractivity contribution in [3.05, 3.63) is 23.8 Å². The third kappa shape index (κ3) is 5.27. The lowest BCUT2D eigenvalue weighted by Crippen LogP contribution is -2.47. The van der Waals surface area contributed by atoms with E-state index in [1.165, 1.54) is 7.11 Å². The Morgan fingerprint density at radius 3 is 2.56 bits per heavy atom. The number of carbonyl (C=O) groups is 2. The molecule has 2 rings (SSSR count). The van der Waals surface area contributed by atoms with Crippen LogP contribution in [-0.2, 0) is 16.1 Å². The van der Waals surface area contributed by atoms with Crippen LogP contribution in [0.1, 0.15) is 25.8 Å². The van der Waals surface area contributed by atoms with Crippen LogP contribution in [0.4, 0.5) is 4.79 Å². The molecule has 25 heavy (non-hydrogen) atoms. The minimum Gasteiger partial charge on any atom is -0.486 e. The summed E-state index contributed by atoms with van der Waals surface area (Å²) in [4.78, 5) is 25.8. The van der Waals surface area contributed by atoms with Gasteiger partial charge in [-0.1, -0.05) is 19.9 Å². The molecule has 1 unspecified atom stereocenters. The van der Waals surface area contributed by atoms with Crippen LogP contribution in [0.25, 0.3) is 0 Å². The highest BCUT2D eigenvalue weighted by molar-refractivity contribution is 5.85. The van der Waals surface area contributed by atoms with E-state index in [9.17, 15) is 9.59 Å². The van der Waals surface area contributed by atoms with E-state index in [1.807, 2.05) is 32.0 Å². The maximum absolute atomic E-state index is 12.7. The molecule has 0 aromatic heterocycles. The van der Waals surface area contributed by atoms with Crippen molar-refractivity contribution < 1.29 is 23.8 Å². The highest BCUT2D eigenvalue weighted by Crippen LogP contribution is 2.31. The number of nitrogens with one attached hydrogen (secondary N) is 1. The van der Waals surface area contributed by atoms with Gasteiger partial charge in [0.1, 0.15) is 19.3 Å². The van der Waals surface area contributed by atoms with Gasteiger partial charge in [-0.25, -0.2) is 4.79 Å². The first-order valence-corrected chi connectivity index (χ1v) is 8.38. The van der Waals surface area contributed by atoms with Crippen molar-refractivity contribution in [1.82, 2.24) is 10.2 Å². The number of benzene rings is 1. The smallest absolute Gasteiger partial charge is 0.407 e. The van der Waals surface area contributed by atoms with Gasteiger partial charge >= 0.3 is 6.09 Å². The Kier molecular flexibility index (Phi) is 6.50. The van der Waals surface area contributed by atoms with Crippen molar-refractivity contribution in [2.24, 2.45) is 5.92 Å². The summed E-state index contributed by atoms with van der Waals surface area (Å²) in [7, 11) is 3.00. The highest BCUT2D eigenvalue weighted by Gasteiger charge is 2.25. The van der Waals surface area contributed by atoms with Gasteiger partial charge < -0.3 is 24.4 Å². The molecule has 2 amide bonds. The second-order valence-electron chi connectivity index (χ2n) is 6.49. The number of rotatable bonds is 6. The van der Waals surface area contributed by atoms with Crippen molar-refractivity contribution in [3.8, 4) is 11.5 Å². The van der Waals surface area contributed by atoms with E-state index < -0.39 is 12.1 Å². The number of hydrogen-bond donors (Lipinski definition) is 1. The normalized spacial score (nSPS) is 14.0. The second kappa shape index (κ2) is 8.60. The summed E-state index contributed by atoms with van der Waals surface area (Å²) >= 11 is 0. The average molecular weight is 350 g/mol. The Hall–Kier alpha value is -2.44. The van der Waals surface area contributed by atoms with E-state index >= 15 is 0 Å². The maximum Gasteiger partial charge on any atom is 0.407 e. The summed E-state index contributed by atoms with van der Waals surface area (Å²) in [6.07, 6.45) is -0.0638. The molecule has 0 saturated carbocycles. The Morgan fingerprint density at radius 2 is 1.92 bits per heavy atom. The number of amides is 2. The number of ether oxygens (including phenoxy) is 3. The lowest BCUT2D eigenvalue weighted by atomic mass is 10.0. The van der Waals surface area contributed by atoms with Crippen LogP contribution in [0.5, 0.6) is 11.5 Å². The van der Waals surface area contributed by atoms with Crippen LogP contribution in [-0.4, -0.2) is 50.3 Å². The monoisotopic (exact) mass is 350 g/mol. The Morgan fingerprint density at radius 1 is 1.24 bits per heavy atom. The standard InChI is InChI=1S/C18H26N2O5/c1-12(2)9-14(19-18(22)23-4)17(21)20(3)11-13-5-6-15-16(10-13)25-8-7-24-15/h5-6,10,12,14H,7-9,11H2,1-4H3,(H,19,22). The van der Waals surface area contributed by atoms with E-state index in [2.05, 4.69) is 10.1 Å². The third-order valence-corrected chi connectivity index (χ3v) is 3.89. The first-order chi connectivity index (χ1) is 11.9. The molecular formula is C18H26N2O5. The molecule has 0 saturated heterocycles. The highest BCUT2D eigenvalue weighted by atomic mass is 16.6. The molecule has 1 aliphatic heterocycles. The predicted molar refractivity (Wildman–Crippen MR) is 92.7 cm³/mol. The van der Waals surface area contributed by atoms with Crippen molar-refractivity contribution >= 4 is 12.0 Å². The minimum atomic E-state index is -0.616. The van der Waals surface area contributed by atoms with Gasteiger partial charge in [-0.15, -0.1) is 0 Å². The summed E-state index contributed by atoms with van der Waals surface area (Å²) < 4.78 is 15.7. The lowest BCUT2D eigenvalue weighted by Gasteiger charge is -2.26. The number of alkyl carbamates (subject to hydrolysis) is 1. The first-order valence-electron chi connectivity index (χ1n) is 8.38. The van der Waals surface area contributed by atoms with Crippen molar-refractivity contribution in [2.75, 3.05) is 27.4 Å². The number of nitrogens with zero attached hydrogens (tertiary/aromatic N) is 1. The van der Waals surface area contributed by atoms with E-state index in [-0.39, 0.29) is 11.8 Å². The van der Waals surface area contributed by atoms with E-state index in [0.717, 1.165) is 5.56 Å². The Balaban J connectivity index is 2.04. The molecule has 1 aliphatic rings. The van der Waals surface area contributed by atoms with Gasteiger partial charge in [-0.2, -0.15) is 0 Å². The van der Waals surface area contributed by atoms with Crippen LogP contribution in [0.15, 0.2) is 18.2 Å². The van der Waals surface area contributed by atoms with Crippen LogP contribution in [0, 0.1) is 5.92 Å².